The first-order valence-corrected chi connectivity index (χ1v) is 9.28. The molecular weight excluding hydrogens is 374 g/mol. The van der Waals surface area contributed by atoms with E-state index in [0.29, 0.717) is 49.1 Å². The molecule has 150 valence electrons. The maximum atomic E-state index is 12.7. The van der Waals surface area contributed by atoms with E-state index < -0.39 is 0 Å². The summed E-state index contributed by atoms with van der Waals surface area (Å²) >= 11 is 0. The quantitative estimate of drug-likeness (QED) is 0.685. The molecule has 10 nitrogen and oxygen atoms in total. The number of hydrogen-bond acceptors (Lipinski definition) is 7. The van der Waals surface area contributed by atoms with Gasteiger partial charge in [0.1, 0.15) is 17.9 Å². The van der Waals surface area contributed by atoms with Crippen molar-refractivity contribution >= 4 is 17.6 Å². The molecule has 0 aliphatic carbocycles. The Kier molecular flexibility index (Phi) is 5.34. The lowest BCUT2D eigenvalue weighted by molar-refractivity contribution is -0.117. The molecule has 29 heavy (non-hydrogen) atoms. The van der Waals surface area contributed by atoms with Gasteiger partial charge in [0.2, 0.25) is 5.91 Å². The van der Waals surface area contributed by atoms with Crippen LogP contribution in [0.4, 0.5) is 5.82 Å². The number of rotatable bonds is 5. The third kappa shape index (κ3) is 4.49. The highest BCUT2D eigenvalue weighted by molar-refractivity contribution is 5.94. The largest absolute Gasteiger partial charge is 0.360 e. The van der Waals surface area contributed by atoms with Gasteiger partial charge in [0, 0.05) is 50.8 Å². The Labute approximate surface area is 167 Å². The van der Waals surface area contributed by atoms with Gasteiger partial charge >= 0.3 is 0 Å². The van der Waals surface area contributed by atoms with Crippen LogP contribution in [0.25, 0.3) is 5.82 Å². The van der Waals surface area contributed by atoms with Crippen molar-refractivity contribution in [1.82, 2.24) is 29.5 Å². The number of carbonyl (C=O) groups excluding carboxylic acids is 2. The third-order valence-corrected chi connectivity index (χ3v) is 4.69. The van der Waals surface area contributed by atoms with Crippen LogP contribution in [-0.2, 0) is 4.79 Å². The van der Waals surface area contributed by atoms with Crippen LogP contribution < -0.4 is 5.32 Å². The van der Waals surface area contributed by atoms with E-state index in [4.69, 9.17) is 4.52 Å². The molecule has 1 fully saturated rings. The molecule has 0 aromatic carbocycles. The zero-order valence-corrected chi connectivity index (χ0v) is 16.0. The van der Waals surface area contributed by atoms with Crippen LogP contribution in [0.1, 0.15) is 16.1 Å². The zero-order valence-electron chi connectivity index (χ0n) is 16.0. The van der Waals surface area contributed by atoms with E-state index in [1.807, 2.05) is 4.90 Å². The number of nitrogens with zero attached hydrogens (tertiary/aromatic N) is 6. The summed E-state index contributed by atoms with van der Waals surface area (Å²) in [5, 5.41) is 6.46. The molecule has 3 aromatic rings. The van der Waals surface area contributed by atoms with E-state index in [1.165, 1.54) is 0 Å². The molecule has 10 heteroatoms. The van der Waals surface area contributed by atoms with Gasteiger partial charge in [-0.15, -0.1) is 0 Å². The van der Waals surface area contributed by atoms with E-state index in [2.05, 4.69) is 20.4 Å². The second-order valence-electron chi connectivity index (χ2n) is 6.81. The molecular formula is C19H21N7O3. The average molecular weight is 395 g/mol. The first-order valence-electron chi connectivity index (χ1n) is 9.28. The van der Waals surface area contributed by atoms with Gasteiger partial charge in [-0.2, -0.15) is 0 Å². The van der Waals surface area contributed by atoms with Crippen molar-refractivity contribution in [3.63, 3.8) is 0 Å². The number of piperazine rings is 1. The molecule has 1 aliphatic heterocycles. The van der Waals surface area contributed by atoms with Gasteiger partial charge < -0.3 is 14.7 Å². The maximum absolute atomic E-state index is 12.7. The van der Waals surface area contributed by atoms with Crippen molar-refractivity contribution in [3.8, 4) is 5.82 Å². The first kappa shape index (κ1) is 18.8. The van der Waals surface area contributed by atoms with Gasteiger partial charge in [-0.1, -0.05) is 5.16 Å². The lowest BCUT2D eigenvalue weighted by Gasteiger charge is -2.34. The molecule has 4 rings (SSSR count). The van der Waals surface area contributed by atoms with Gasteiger partial charge in [0.05, 0.1) is 12.1 Å². The number of aromatic nitrogens is 4. The summed E-state index contributed by atoms with van der Waals surface area (Å²) < 4.78 is 6.71. The van der Waals surface area contributed by atoms with Crippen LogP contribution >= 0.6 is 0 Å². The molecule has 0 spiro atoms. The SMILES string of the molecule is Cc1cc(NC(=O)CN2CCN(C(=O)c3ccc(-n4ccnc4)nc3)CC2)no1. The fraction of sp³-hybridized carbons (Fsp3) is 0.316. The van der Waals surface area contributed by atoms with Crippen LogP contribution in [0.15, 0.2) is 47.6 Å². The topological polar surface area (TPSA) is 109 Å². The van der Waals surface area contributed by atoms with Crippen LogP contribution in [0, 0.1) is 6.92 Å². The van der Waals surface area contributed by atoms with E-state index in [0.717, 1.165) is 0 Å². The van der Waals surface area contributed by atoms with Gasteiger partial charge in [-0.3, -0.25) is 19.1 Å². The minimum absolute atomic E-state index is 0.0585. The molecule has 0 atom stereocenters. The fourth-order valence-corrected chi connectivity index (χ4v) is 3.16. The highest BCUT2D eigenvalue weighted by atomic mass is 16.5. The van der Waals surface area contributed by atoms with Crippen molar-refractivity contribution in [2.24, 2.45) is 0 Å². The van der Waals surface area contributed by atoms with Crippen LogP contribution in [0.2, 0.25) is 0 Å². The normalized spacial score (nSPS) is 14.7. The molecule has 1 N–H and O–H groups in total. The van der Waals surface area contributed by atoms with Crippen molar-refractivity contribution < 1.29 is 14.1 Å². The van der Waals surface area contributed by atoms with Crippen molar-refractivity contribution in [2.75, 3.05) is 38.0 Å². The summed E-state index contributed by atoms with van der Waals surface area (Å²) in [7, 11) is 0. The summed E-state index contributed by atoms with van der Waals surface area (Å²) in [5.41, 5.74) is 0.543. The van der Waals surface area contributed by atoms with Gasteiger partial charge in [-0.25, -0.2) is 9.97 Å². The summed E-state index contributed by atoms with van der Waals surface area (Å²) in [4.78, 5) is 37.0. The monoisotopic (exact) mass is 395 g/mol. The van der Waals surface area contributed by atoms with E-state index in [9.17, 15) is 9.59 Å². The van der Waals surface area contributed by atoms with E-state index in [-0.39, 0.29) is 18.4 Å². The number of hydrogen-bond donors (Lipinski definition) is 1. The average Bonchev–Trinajstić information content (AvgIpc) is 3.40. The molecule has 0 unspecified atom stereocenters. The molecule has 4 heterocycles. The molecule has 0 saturated carbocycles. The van der Waals surface area contributed by atoms with Crippen molar-refractivity contribution in [2.45, 2.75) is 6.92 Å². The molecule has 1 aliphatic rings. The smallest absolute Gasteiger partial charge is 0.255 e. The number of nitrogens with one attached hydrogen (secondary N) is 1. The van der Waals surface area contributed by atoms with Crippen molar-refractivity contribution in [1.29, 1.82) is 0 Å². The minimum Gasteiger partial charge on any atom is -0.360 e. The predicted molar refractivity (Wildman–Crippen MR) is 104 cm³/mol. The Hall–Kier alpha value is -3.53. The Morgan fingerprint density at radius 2 is 2.03 bits per heavy atom. The molecule has 1 saturated heterocycles. The Bertz CT molecular complexity index is 974. The standard InChI is InChI=1S/C19H21N7O3/c1-14-10-16(23-29-14)22-18(27)12-24-6-8-25(9-7-24)19(28)15-2-3-17(21-11-15)26-5-4-20-13-26/h2-5,10-11,13H,6-9,12H2,1H3,(H,22,23,27). The van der Waals surface area contributed by atoms with E-state index >= 15 is 0 Å². The number of carbonyl (C=O) groups is 2. The number of aryl methyl sites for hydroxylation is 1. The maximum Gasteiger partial charge on any atom is 0.255 e. The molecule has 0 radical (unpaired) electrons. The Morgan fingerprint density at radius 1 is 1.21 bits per heavy atom. The summed E-state index contributed by atoms with van der Waals surface area (Å²) in [6, 6.07) is 5.23. The Balaban J connectivity index is 1.27. The summed E-state index contributed by atoms with van der Waals surface area (Å²) in [6.45, 7) is 4.36. The third-order valence-electron chi connectivity index (χ3n) is 4.69. The number of amides is 2. The predicted octanol–water partition coefficient (Wildman–Crippen LogP) is 0.960. The lowest BCUT2D eigenvalue weighted by Crippen LogP contribution is -2.50. The highest BCUT2D eigenvalue weighted by Gasteiger charge is 2.23. The first-order chi connectivity index (χ1) is 14.1. The van der Waals surface area contributed by atoms with Gasteiger partial charge in [0.15, 0.2) is 5.82 Å². The summed E-state index contributed by atoms with van der Waals surface area (Å²) in [6.07, 6.45) is 6.70. The fourth-order valence-electron chi connectivity index (χ4n) is 3.16. The zero-order chi connectivity index (χ0) is 20.2. The molecule has 0 bridgehead atoms. The van der Waals surface area contributed by atoms with Crippen LogP contribution in [0.3, 0.4) is 0 Å². The minimum atomic E-state index is -0.155. The number of anilines is 1. The highest BCUT2D eigenvalue weighted by Crippen LogP contribution is 2.11. The number of imidazole rings is 1. The summed E-state index contributed by atoms with van der Waals surface area (Å²) in [5.74, 6) is 1.54. The van der Waals surface area contributed by atoms with Crippen LogP contribution in [-0.4, -0.2) is 74.0 Å². The second kappa shape index (κ2) is 8.23. The van der Waals surface area contributed by atoms with Gasteiger partial charge in [-0.05, 0) is 19.1 Å². The second-order valence-corrected chi connectivity index (χ2v) is 6.81. The van der Waals surface area contributed by atoms with Crippen LogP contribution in [0.5, 0.6) is 0 Å². The Morgan fingerprint density at radius 3 is 2.66 bits per heavy atom. The molecule has 2 amide bonds. The lowest BCUT2D eigenvalue weighted by atomic mass is 10.2. The van der Waals surface area contributed by atoms with E-state index in [1.54, 1.807) is 59.5 Å². The van der Waals surface area contributed by atoms with Gasteiger partial charge in [0.25, 0.3) is 5.91 Å². The number of pyridine rings is 1. The molecule has 3 aromatic heterocycles. The van der Waals surface area contributed by atoms with Crippen molar-refractivity contribution in [3.05, 3.63) is 54.4 Å².